The monoisotopic (exact) mass is 887 g/mol. The number of anilines is 4. The molecule has 69 heavy (non-hydrogen) atoms. The number of para-hydroxylation sites is 4. The summed E-state index contributed by atoms with van der Waals surface area (Å²) in [7, 11) is 0. The highest BCUT2D eigenvalue weighted by atomic mass is 15.2. The molecule has 0 unspecified atom stereocenters. The van der Waals surface area contributed by atoms with Crippen LogP contribution in [0.4, 0.5) is 22.7 Å². The average Bonchev–Trinajstić information content (AvgIpc) is 3.76. The van der Waals surface area contributed by atoms with Crippen LogP contribution in [0.15, 0.2) is 271 Å². The molecule has 0 radical (unpaired) electrons. The summed E-state index contributed by atoms with van der Waals surface area (Å²) in [5, 5.41) is 2.54. The summed E-state index contributed by atoms with van der Waals surface area (Å²) in [6.45, 7) is 0. The van der Waals surface area contributed by atoms with Crippen LogP contribution in [-0.4, -0.2) is 4.57 Å². The van der Waals surface area contributed by atoms with Crippen molar-refractivity contribution in [3.8, 4) is 27.9 Å². The van der Waals surface area contributed by atoms with E-state index in [4.69, 9.17) is 0 Å². The number of nitrogens with zero attached hydrogens (tertiary/aromatic N) is 3. The van der Waals surface area contributed by atoms with Crippen molar-refractivity contribution in [2.24, 2.45) is 0 Å². The molecular weight excluding hydrogens is 835 g/mol. The summed E-state index contributed by atoms with van der Waals surface area (Å²) < 4.78 is 2.42. The van der Waals surface area contributed by atoms with Gasteiger partial charge in [0.25, 0.3) is 0 Å². The molecule has 0 saturated heterocycles. The van der Waals surface area contributed by atoms with Gasteiger partial charge >= 0.3 is 0 Å². The molecule has 3 nitrogen and oxygen atoms in total. The standard InChI is InChI=1S/C66H53N3/c1-6-16-56(17-7-1)67(57-18-8-2-9-19-57)61-40-34-50(35-41-61)48-26-30-52(31-27-48)54-38-44-65-63(46-54)64-47-55(39-45-66(64)69(65)60-24-14-5-15-25-60)53-32-28-49(29-33-53)51-36-42-62(43-37-51)68(58-20-10-3-11-21-58)59-22-12-4-13-23-59/h1-3,5-12,14-28,30-32,34-36,38-42,44-47H,4,13,29,33,37,43H2. The Morgan fingerprint density at radius 1 is 0.348 bits per heavy atom. The van der Waals surface area contributed by atoms with Crippen molar-refractivity contribution in [3.05, 3.63) is 277 Å². The first-order valence-electron chi connectivity index (χ1n) is 24.5. The maximum atomic E-state index is 2.45. The highest BCUT2D eigenvalue weighted by Crippen LogP contribution is 2.41. The molecule has 8 aromatic carbocycles. The largest absolute Gasteiger partial charge is 0.315 e. The first kappa shape index (κ1) is 42.0. The van der Waals surface area contributed by atoms with E-state index in [1.807, 2.05) is 0 Å². The van der Waals surface area contributed by atoms with E-state index in [2.05, 4.69) is 263 Å². The number of hydrogen-bond acceptors (Lipinski definition) is 2. The van der Waals surface area contributed by atoms with Crippen LogP contribution in [0, 0.1) is 0 Å². The number of rotatable bonds is 11. The predicted octanol–water partition coefficient (Wildman–Crippen LogP) is 18.0. The van der Waals surface area contributed by atoms with E-state index in [1.54, 1.807) is 0 Å². The zero-order chi connectivity index (χ0) is 45.9. The minimum atomic E-state index is 1.02. The van der Waals surface area contributed by atoms with Gasteiger partial charge in [-0.05, 0) is 180 Å². The van der Waals surface area contributed by atoms with Crippen LogP contribution < -0.4 is 9.80 Å². The summed E-state index contributed by atoms with van der Waals surface area (Å²) in [6, 6.07) is 74.8. The molecule has 0 amide bonds. The molecule has 1 heterocycles. The van der Waals surface area contributed by atoms with Crippen LogP contribution in [0.1, 0.15) is 44.1 Å². The maximum Gasteiger partial charge on any atom is 0.0541 e. The number of hydrogen-bond donors (Lipinski definition) is 0. The third kappa shape index (κ3) is 8.38. The first-order chi connectivity index (χ1) is 34.2. The number of aromatic nitrogens is 1. The van der Waals surface area contributed by atoms with Gasteiger partial charge in [-0.1, -0.05) is 152 Å². The summed E-state index contributed by atoms with van der Waals surface area (Å²) in [6.07, 6.45) is 22.8. The fraction of sp³-hybridized carbons (Fsp3) is 0.0909. The van der Waals surface area contributed by atoms with E-state index < -0.39 is 0 Å². The normalized spacial score (nSPS) is 14.7. The molecule has 0 N–H and O–H groups in total. The summed E-state index contributed by atoms with van der Waals surface area (Å²) in [5.41, 5.74) is 21.3. The molecule has 0 saturated carbocycles. The van der Waals surface area contributed by atoms with Gasteiger partial charge in [-0.2, -0.15) is 0 Å². The lowest BCUT2D eigenvalue weighted by atomic mass is 9.86. The minimum absolute atomic E-state index is 1.02. The highest BCUT2D eigenvalue weighted by Gasteiger charge is 2.22. The number of benzene rings is 8. The van der Waals surface area contributed by atoms with Crippen molar-refractivity contribution < 1.29 is 0 Å². The van der Waals surface area contributed by atoms with E-state index in [0.29, 0.717) is 0 Å². The van der Waals surface area contributed by atoms with Crippen molar-refractivity contribution >= 4 is 50.1 Å². The Kier molecular flexibility index (Phi) is 11.4. The minimum Gasteiger partial charge on any atom is -0.315 e. The van der Waals surface area contributed by atoms with Crippen LogP contribution in [0.2, 0.25) is 0 Å². The fourth-order valence-electron chi connectivity index (χ4n) is 10.6. The molecule has 0 atom stereocenters. The average molecular weight is 888 g/mol. The highest BCUT2D eigenvalue weighted by molar-refractivity contribution is 6.11. The third-order valence-corrected chi connectivity index (χ3v) is 14.1. The second kappa shape index (κ2) is 18.7. The van der Waals surface area contributed by atoms with Gasteiger partial charge in [-0.3, -0.25) is 0 Å². The van der Waals surface area contributed by atoms with Crippen molar-refractivity contribution in [2.45, 2.75) is 38.5 Å². The number of allylic oxidation sites excluding steroid dienone is 11. The molecule has 332 valence electrons. The van der Waals surface area contributed by atoms with Gasteiger partial charge in [0.15, 0.2) is 0 Å². The van der Waals surface area contributed by atoms with Crippen LogP contribution in [-0.2, 0) is 0 Å². The summed E-state index contributed by atoms with van der Waals surface area (Å²) >= 11 is 0. The fourth-order valence-corrected chi connectivity index (χ4v) is 10.6. The van der Waals surface area contributed by atoms with Gasteiger partial charge in [0.2, 0.25) is 0 Å². The Morgan fingerprint density at radius 3 is 1.33 bits per heavy atom. The zero-order valence-corrected chi connectivity index (χ0v) is 38.8. The molecule has 1 aromatic heterocycles. The lowest BCUT2D eigenvalue weighted by Crippen LogP contribution is -2.23. The Hall–Kier alpha value is -8.40. The molecule has 3 heteroatoms. The molecule has 0 aliphatic heterocycles. The van der Waals surface area contributed by atoms with Gasteiger partial charge in [-0.15, -0.1) is 0 Å². The molecule has 12 rings (SSSR count). The number of fused-ring (bicyclic) bond motifs is 3. The zero-order valence-electron chi connectivity index (χ0n) is 38.8. The van der Waals surface area contributed by atoms with E-state index in [-0.39, 0.29) is 0 Å². The summed E-state index contributed by atoms with van der Waals surface area (Å²) in [5.74, 6) is 0. The van der Waals surface area contributed by atoms with Gasteiger partial charge in [-0.25, -0.2) is 0 Å². The molecule has 3 aliphatic carbocycles. The van der Waals surface area contributed by atoms with Crippen LogP contribution in [0.3, 0.4) is 0 Å². The Morgan fingerprint density at radius 2 is 0.797 bits per heavy atom. The second-order valence-corrected chi connectivity index (χ2v) is 18.3. The van der Waals surface area contributed by atoms with Gasteiger partial charge in [0.1, 0.15) is 0 Å². The SMILES string of the molecule is C1=CC(N(C2=CC=C(C3=CC=C(c4ccc5c(c4)c4cc(-c6ccc(-c7ccc(N(c8ccccc8)c8ccccc8)cc7)cc6)ccc4n5-c4ccccc4)CC3)CC2)c2ccccc2)=CCC1. The van der Waals surface area contributed by atoms with E-state index in [1.165, 1.54) is 89.1 Å². The lowest BCUT2D eigenvalue weighted by Gasteiger charge is -2.32. The van der Waals surface area contributed by atoms with Crippen molar-refractivity contribution in [1.29, 1.82) is 0 Å². The van der Waals surface area contributed by atoms with Gasteiger partial charge < -0.3 is 14.4 Å². The Labute approximate surface area is 405 Å². The topological polar surface area (TPSA) is 11.4 Å². The molecule has 0 bridgehead atoms. The van der Waals surface area contributed by atoms with Crippen molar-refractivity contribution in [1.82, 2.24) is 4.57 Å². The second-order valence-electron chi connectivity index (χ2n) is 18.3. The van der Waals surface area contributed by atoms with Crippen LogP contribution in [0.25, 0.3) is 55.3 Å². The molecule has 9 aromatic rings. The Bertz CT molecular complexity index is 3460. The summed E-state index contributed by atoms with van der Waals surface area (Å²) in [4.78, 5) is 4.75. The molecule has 3 aliphatic rings. The van der Waals surface area contributed by atoms with Crippen molar-refractivity contribution in [2.75, 3.05) is 9.80 Å². The van der Waals surface area contributed by atoms with E-state index >= 15 is 0 Å². The van der Waals surface area contributed by atoms with Gasteiger partial charge in [0, 0.05) is 50.6 Å². The lowest BCUT2D eigenvalue weighted by molar-refractivity contribution is 0.840. The third-order valence-electron chi connectivity index (χ3n) is 14.1. The maximum absolute atomic E-state index is 2.45. The van der Waals surface area contributed by atoms with E-state index in [0.717, 1.165) is 55.6 Å². The van der Waals surface area contributed by atoms with Crippen molar-refractivity contribution in [3.63, 3.8) is 0 Å². The molecule has 0 fully saturated rings. The van der Waals surface area contributed by atoms with Gasteiger partial charge in [0.05, 0.1) is 11.0 Å². The molecular formula is C66H53N3. The quantitative estimate of drug-likeness (QED) is 0.128. The predicted molar refractivity (Wildman–Crippen MR) is 292 cm³/mol. The van der Waals surface area contributed by atoms with Crippen LogP contribution in [0.5, 0.6) is 0 Å². The van der Waals surface area contributed by atoms with E-state index in [9.17, 15) is 0 Å². The first-order valence-corrected chi connectivity index (χ1v) is 24.5. The Balaban J connectivity index is 0.834. The smallest absolute Gasteiger partial charge is 0.0541 e. The molecule has 0 spiro atoms. The van der Waals surface area contributed by atoms with Crippen LogP contribution >= 0.6 is 0 Å².